The molecule has 3 nitrogen and oxygen atoms in total. The highest BCUT2D eigenvalue weighted by Crippen LogP contribution is 2.12. The van der Waals surface area contributed by atoms with Crippen LogP contribution < -0.4 is 5.73 Å². The lowest BCUT2D eigenvalue weighted by molar-refractivity contribution is -0.113. The monoisotopic (exact) mass is 195 g/mol. The minimum absolute atomic E-state index is 0.282. The molecule has 1 aromatic rings. The van der Waals surface area contributed by atoms with Crippen molar-refractivity contribution in [1.82, 2.24) is 0 Å². The molecule has 0 saturated heterocycles. The fourth-order valence-corrected chi connectivity index (χ4v) is 1.05. The van der Waals surface area contributed by atoms with Gasteiger partial charge in [0.25, 0.3) is 0 Å². The third kappa shape index (κ3) is 2.67. The molecular formula is C10H10FNO2. The summed E-state index contributed by atoms with van der Waals surface area (Å²) in [6, 6.07) is 3.93. The fourth-order valence-electron chi connectivity index (χ4n) is 1.05. The molecule has 0 unspecified atom stereocenters. The Balaban J connectivity index is 3.02. The summed E-state index contributed by atoms with van der Waals surface area (Å²) in [6.45, 7) is -0.282. The molecule has 3 N–H and O–H groups in total. The van der Waals surface area contributed by atoms with Gasteiger partial charge in [0.05, 0.1) is 6.61 Å². The summed E-state index contributed by atoms with van der Waals surface area (Å²) >= 11 is 0. The number of halogens is 1. The predicted molar refractivity (Wildman–Crippen MR) is 50.6 cm³/mol. The van der Waals surface area contributed by atoms with Gasteiger partial charge in [-0.3, -0.25) is 4.79 Å². The van der Waals surface area contributed by atoms with Crippen LogP contribution in [0.2, 0.25) is 0 Å². The zero-order valence-corrected chi connectivity index (χ0v) is 7.40. The molecule has 74 valence electrons. The normalized spacial score (nSPS) is 10.7. The van der Waals surface area contributed by atoms with E-state index in [1.165, 1.54) is 24.3 Å². The summed E-state index contributed by atoms with van der Waals surface area (Å²) in [5.74, 6) is -1.01. The van der Waals surface area contributed by atoms with Crippen LogP contribution in [0.25, 0.3) is 6.08 Å². The molecule has 0 saturated carbocycles. The number of aliphatic hydroxyl groups excluding tert-OH is 1. The first-order valence-electron chi connectivity index (χ1n) is 4.00. The van der Waals surface area contributed by atoms with Crippen molar-refractivity contribution in [3.63, 3.8) is 0 Å². The first-order valence-corrected chi connectivity index (χ1v) is 4.00. The maximum absolute atomic E-state index is 12.7. The highest BCUT2D eigenvalue weighted by molar-refractivity contribution is 5.90. The van der Waals surface area contributed by atoms with Crippen LogP contribution in [0.15, 0.2) is 24.3 Å². The van der Waals surface area contributed by atoms with E-state index in [0.29, 0.717) is 11.1 Å². The van der Waals surface area contributed by atoms with Crippen molar-refractivity contribution in [2.24, 2.45) is 5.73 Å². The van der Waals surface area contributed by atoms with Crippen molar-refractivity contribution in [2.75, 3.05) is 0 Å². The molecule has 0 bridgehead atoms. The number of primary amides is 1. The molecule has 1 amide bonds. The molecule has 4 heteroatoms. The maximum Gasteiger partial charge on any atom is 0.241 e. The van der Waals surface area contributed by atoms with Gasteiger partial charge in [0.15, 0.2) is 0 Å². The van der Waals surface area contributed by atoms with Crippen LogP contribution >= 0.6 is 0 Å². The second-order valence-corrected chi connectivity index (χ2v) is 2.74. The average Bonchev–Trinajstić information content (AvgIpc) is 2.15. The number of hydrogen-bond donors (Lipinski definition) is 2. The van der Waals surface area contributed by atoms with Gasteiger partial charge in [-0.2, -0.15) is 0 Å². The van der Waals surface area contributed by atoms with Crippen molar-refractivity contribution in [3.8, 4) is 0 Å². The van der Waals surface area contributed by atoms with Gasteiger partial charge in [0.2, 0.25) is 5.91 Å². The Labute approximate surface area is 80.7 Å². The van der Waals surface area contributed by atoms with Crippen LogP contribution in [0, 0.1) is 5.82 Å². The van der Waals surface area contributed by atoms with Crippen LogP contribution in [-0.2, 0) is 11.4 Å². The van der Waals surface area contributed by atoms with Crippen LogP contribution in [0.4, 0.5) is 4.39 Å². The van der Waals surface area contributed by atoms with E-state index in [9.17, 15) is 9.18 Å². The second kappa shape index (κ2) is 4.53. The molecule has 0 aliphatic heterocycles. The molecule has 1 aromatic carbocycles. The molecule has 0 radical (unpaired) electrons. The average molecular weight is 195 g/mol. The van der Waals surface area contributed by atoms with Crippen LogP contribution in [0.3, 0.4) is 0 Å². The van der Waals surface area contributed by atoms with Gasteiger partial charge in [0.1, 0.15) is 5.82 Å². The van der Waals surface area contributed by atoms with Gasteiger partial charge in [-0.05, 0) is 29.3 Å². The number of rotatable bonds is 3. The SMILES string of the molecule is NC(=O)C=Cc1ccc(F)cc1CO. The number of carbonyl (C=O) groups excluding carboxylic acids is 1. The number of nitrogens with two attached hydrogens (primary N) is 1. The molecule has 0 heterocycles. The smallest absolute Gasteiger partial charge is 0.241 e. The summed E-state index contributed by atoms with van der Waals surface area (Å²) in [4.78, 5) is 10.4. The van der Waals surface area contributed by atoms with Gasteiger partial charge < -0.3 is 10.8 Å². The van der Waals surface area contributed by atoms with Crippen molar-refractivity contribution in [2.45, 2.75) is 6.61 Å². The Morgan fingerprint density at radius 3 is 2.86 bits per heavy atom. The van der Waals surface area contributed by atoms with Crippen molar-refractivity contribution in [1.29, 1.82) is 0 Å². The Bertz CT molecular complexity index is 374. The molecule has 0 aliphatic carbocycles. The number of aliphatic hydroxyl groups is 1. The van der Waals surface area contributed by atoms with E-state index in [1.807, 2.05) is 0 Å². The van der Waals surface area contributed by atoms with E-state index in [4.69, 9.17) is 10.8 Å². The molecule has 0 aromatic heterocycles. The lowest BCUT2D eigenvalue weighted by atomic mass is 10.1. The quantitative estimate of drug-likeness (QED) is 0.701. The third-order valence-corrected chi connectivity index (χ3v) is 1.70. The largest absolute Gasteiger partial charge is 0.392 e. The van der Waals surface area contributed by atoms with Crippen LogP contribution in [0.5, 0.6) is 0 Å². The zero-order chi connectivity index (χ0) is 10.6. The standard InChI is InChI=1S/C10H10FNO2/c11-9-3-1-7(2-4-10(12)14)8(5-9)6-13/h1-5,13H,6H2,(H2,12,14). The van der Waals surface area contributed by atoms with Gasteiger partial charge in [-0.15, -0.1) is 0 Å². The number of amides is 1. The van der Waals surface area contributed by atoms with Crippen molar-refractivity contribution < 1.29 is 14.3 Å². The van der Waals surface area contributed by atoms with E-state index in [0.717, 1.165) is 6.08 Å². The summed E-state index contributed by atoms with van der Waals surface area (Å²) in [6.07, 6.45) is 2.60. The second-order valence-electron chi connectivity index (χ2n) is 2.74. The van der Waals surface area contributed by atoms with E-state index >= 15 is 0 Å². The Morgan fingerprint density at radius 2 is 2.29 bits per heavy atom. The van der Waals surface area contributed by atoms with Crippen LogP contribution in [-0.4, -0.2) is 11.0 Å². The molecule has 0 fully saturated rings. The summed E-state index contributed by atoms with van der Waals surface area (Å²) in [5.41, 5.74) is 5.89. The Morgan fingerprint density at radius 1 is 1.57 bits per heavy atom. The zero-order valence-electron chi connectivity index (χ0n) is 7.40. The van der Waals surface area contributed by atoms with E-state index in [2.05, 4.69) is 0 Å². The highest BCUT2D eigenvalue weighted by Gasteiger charge is 2.00. The Kier molecular flexibility index (Phi) is 3.36. The predicted octanol–water partition coefficient (Wildman–Crippen LogP) is 0.817. The summed E-state index contributed by atoms with van der Waals surface area (Å²) in [7, 11) is 0. The molecule has 14 heavy (non-hydrogen) atoms. The summed E-state index contributed by atoms with van der Waals surface area (Å²) < 4.78 is 12.7. The lowest BCUT2D eigenvalue weighted by Gasteiger charge is -2.01. The topological polar surface area (TPSA) is 63.3 Å². The van der Waals surface area contributed by atoms with Gasteiger partial charge in [-0.25, -0.2) is 4.39 Å². The summed E-state index contributed by atoms with van der Waals surface area (Å²) in [5, 5.41) is 8.89. The number of carbonyl (C=O) groups is 1. The van der Waals surface area contributed by atoms with Crippen molar-refractivity contribution in [3.05, 3.63) is 41.2 Å². The highest BCUT2D eigenvalue weighted by atomic mass is 19.1. The number of benzene rings is 1. The minimum atomic E-state index is -0.585. The van der Waals surface area contributed by atoms with E-state index in [1.54, 1.807) is 0 Å². The molecular weight excluding hydrogens is 185 g/mol. The minimum Gasteiger partial charge on any atom is -0.392 e. The number of hydrogen-bond acceptors (Lipinski definition) is 2. The Hall–Kier alpha value is -1.68. The first kappa shape index (κ1) is 10.4. The van der Waals surface area contributed by atoms with E-state index < -0.39 is 11.7 Å². The molecule has 1 rings (SSSR count). The van der Waals surface area contributed by atoms with Gasteiger partial charge >= 0.3 is 0 Å². The van der Waals surface area contributed by atoms with Gasteiger partial charge in [-0.1, -0.05) is 6.07 Å². The lowest BCUT2D eigenvalue weighted by Crippen LogP contribution is -2.05. The van der Waals surface area contributed by atoms with Gasteiger partial charge in [0, 0.05) is 6.08 Å². The van der Waals surface area contributed by atoms with Crippen molar-refractivity contribution >= 4 is 12.0 Å². The first-order chi connectivity index (χ1) is 6.63. The molecule has 0 spiro atoms. The maximum atomic E-state index is 12.7. The van der Waals surface area contributed by atoms with Crippen LogP contribution in [0.1, 0.15) is 11.1 Å². The molecule has 0 atom stereocenters. The third-order valence-electron chi connectivity index (χ3n) is 1.70. The fraction of sp³-hybridized carbons (Fsp3) is 0.100. The molecule has 0 aliphatic rings. The van der Waals surface area contributed by atoms with E-state index in [-0.39, 0.29) is 6.61 Å².